The molecule has 7 atom stereocenters. The third kappa shape index (κ3) is 2.95. The molecule has 7 unspecified atom stereocenters. The van der Waals surface area contributed by atoms with Crippen molar-refractivity contribution in [2.24, 2.45) is 40.4 Å². The molecule has 1 saturated heterocycles. The van der Waals surface area contributed by atoms with Crippen molar-refractivity contribution in [2.75, 3.05) is 13.2 Å². The molecular formula is C26H38N2O3. The minimum atomic E-state index is -0.505. The first-order valence-corrected chi connectivity index (χ1v) is 12.7. The number of carbonyl (C=O) groups is 1. The lowest BCUT2D eigenvalue weighted by atomic mass is 9.44. The largest absolute Gasteiger partial charge is 0.345 e. The minimum Gasteiger partial charge on any atom is -0.345 e. The van der Waals surface area contributed by atoms with Crippen LogP contribution in [0.1, 0.15) is 71.6 Å². The number of imidazole rings is 1. The maximum Gasteiger partial charge on any atom is 0.189 e. The Morgan fingerprint density at radius 2 is 1.84 bits per heavy atom. The second kappa shape index (κ2) is 7.15. The first-order chi connectivity index (χ1) is 14.9. The van der Waals surface area contributed by atoms with Crippen molar-refractivity contribution in [2.45, 2.75) is 84.0 Å². The summed E-state index contributed by atoms with van der Waals surface area (Å²) in [5, 5.41) is 0. The van der Waals surface area contributed by atoms with E-state index in [9.17, 15) is 4.79 Å². The van der Waals surface area contributed by atoms with Crippen molar-refractivity contribution in [3.05, 3.63) is 18.7 Å². The van der Waals surface area contributed by atoms with E-state index in [1.165, 1.54) is 38.5 Å². The summed E-state index contributed by atoms with van der Waals surface area (Å²) in [4.78, 5) is 16.4. The number of carbonyl (C=O) groups excluding carboxylic acids is 1. The predicted octanol–water partition coefficient (Wildman–Crippen LogP) is 4.85. The van der Waals surface area contributed by atoms with Gasteiger partial charge in [-0.1, -0.05) is 13.8 Å². The molecule has 0 N–H and O–H groups in total. The molecule has 4 aliphatic carbocycles. The number of ketones is 1. The minimum absolute atomic E-state index is 0.278. The average molecular weight is 427 g/mol. The lowest BCUT2D eigenvalue weighted by molar-refractivity contribution is -0.236. The molecule has 170 valence electrons. The van der Waals surface area contributed by atoms with Crippen LogP contribution in [0, 0.1) is 40.4 Å². The molecular weight excluding hydrogens is 388 g/mol. The van der Waals surface area contributed by atoms with Gasteiger partial charge in [0.15, 0.2) is 5.79 Å². The summed E-state index contributed by atoms with van der Waals surface area (Å²) in [6.45, 7) is 7.25. The Kier molecular flexibility index (Phi) is 4.71. The molecule has 1 aromatic heterocycles. The van der Waals surface area contributed by atoms with E-state index < -0.39 is 5.79 Å². The number of fused-ring (bicyclic) bond motifs is 5. The summed E-state index contributed by atoms with van der Waals surface area (Å²) < 4.78 is 15.1. The van der Waals surface area contributed by atoms with Crippen LogP contribution in [0.4, 0.5) is 0 Å². The molecule has 0 radical (unpaired) electrons. The van der Waals surface area contributed by atoms with Gasteiger partial charge in [0.25, 0.3) is 0 Å². The van der Waals surface area contributed by atoms with E-state index in [0.717, 1.165) is 43.6 Å². The molecule has 6 rings (SSSR count). The van der Waals surface area contributed by atoms with Gasteiger partial charge in [0.2, 0.25) is 0 Å². The number of ether oxygens (including phenoxy) is 2. The molecule has 5 heteroatoms. The summed E-state index contributed by atoms with van der Waals surface area (Å²) in [5.41, 5.74) is 0.658. The van der Waals surface area contributed by atoms with Gasteiger partial charge >= 0.3 is 0 Å². The molecule has 1 aromatic rings. The third-order valence-corrected chi connectivity index (χ3v) is 10.8. The van der Waals surface area contributed by atoms with E-state index in [1.54, 1.807) is 0 Å². The summed E-state index contributed by atoms with van der Waals surface area (Å²) in [6.07, 6.45) is 16.2. The fourth-order valence-electron chi connectivity index (χ4n) is 9.28. The van der Waals surface area contributed by atoms with Crippen LogP contribution in [-0.4, -0.2) is 34.3 Å². The van der Waals surface area contributed by atoms with Crippen LogP contribution < -0.4 is 0 Å². The van der Waals surface area contributed by atoms with E-state index in [-0.39, 0.29) is 5.41 Å². The lowest BCUT2D eigenvalue weighted by Gasteiger charge is -2.61. The van der Waals surface area contributed by atoms with E-state index in [0.29, 0.717) is 36.2 Å². The second-order valence-corrected chi connectivity index (χ2v) is 11.8. The number of nitrogens with zero attached hydrogens (tertiary/aromatic N) is 2. The Morgan fingerprint density at radius 1 is 1.03 bits per heavy atom. The highest BCUT2D eigenvalue weighted by molar-refractivity contribution is 5.79. The highest BCUT2D eigenvalue weighted by atomic mass is 16.7. The van der Waals surface area contributed by atoms with Gasteiger partial charge < -0.3 is 14.0 Å². The number of Topliss-reactive ketones (excluding diaryl/α,β-unsaturated/α-hetero) is 1. The zero-order chi connectivity index (χ0) is 21.3. The molecule has 5 aliphatic rings. The van der Waals surface area contributed by atoms with Crippen LogP contribution in [0.2, 0.25) is 0 Å². The quantitative estimate of drug-likeness (QED) is 0.693. The van der Waals surface area contributed by atoms with Gasteiger partial charge in [-0.3, -0.25) is 4.79 Å². The highest BCUT2D eigenvalue weighted by Gasteiger charge is 2.64. The van der Waals surface area contributed by atoms with Crippen LogP contribution >= 0.6 is 0 Å². The van der Waals surface area contributed by atoms with Crippen molar-refractivity contribution in [3.8, 4) is 0 Å². The molecule has 1 aliphatic heterocycles. The molecule has 0 aromatic carbocycles. The van der Waals surface area contributed by atoms with Crippen LogP contribution in [0.3, 0.4) is 0 Å². The SMILES string of the molecule is CC12CCC(=O)CC1CCC1C2CCC2(C)C1CCC2C1(Cn2ccnc2)OCCO1. The smallest absolute Gasteiger partial charge is 0.189 e. The Morgan fingerprint density at radius 3 is 2.61 bits per heavy atom. The molecule has 0 bridgehead atoms. The molecule has 31 heavy (non-hydrogen) atoms. The Labute approximate surface area is 186 Å². The standard InChI is InChI=1S/C26H38N2O3/c1-24-9-7-19(29)15-18(24)3-4-20-21-5-6-23(25(21,2)10-8-22(20)24)26(30-13-14-31-26)16-28-12-11-27-17-28/h11-12,17-18,20-23H,3-10,13-16H2,1-2H3. The van der Waals surface area contributed by atoms with Crippen molar-refractivity contribution in [1.29, 1.82) is 0 Å². The molecule has 2 heterocycles. The van der Waals surface area contributed by atoms with Crippen molar-refractivity contribution in [1.82, 2.24) is 9.55 Å². The van der Waals surface area contributed by atoms with Crippen molar-refractivity contribution < 1.29 is 14.3 Å². The van der Waals surface area contributed by atoms with Gasteiger partial charge in [0, 0.05) is 31.2 Å². The van der Waals surface area contributed by atoms with E-state index in [1.807, 2.05) is 18.7 Å². The van der Waals surface area contributed by atoms with Gasteiger partial charge in [-0.25, -0.2) is 4.98 Å². The molecule has 4 saturated carbocycles. The molecule has 0 spiro atoms. The second-order valence-electron chi connectivity index (χ2n) is 11.8. The first-order valence-electron chi connectivity index (χ1n) is 12.7. The fourth-order valence-corrected chi connectivity index (χ4v) is 9.28. The normalized spacial score (nSPS) is 46.4. The van der Waals surface area contributed by atoms with Crippen molar-refractivity contribution >= 4 is 5.78 Å². The van der Waals surface area contributed by atoms with Gasteiger partial charge in [-0.15, -0.1) is 0 Å². The zero-order valence-corrected chi connectivity index (χ0v) is 19.2. The monoisotopic (exact) mass is 426 g/mol. The number of rotatable bonds is 3. The highest BCUT2D eigenvalue weighted by Crippen LogP contribution is 2.69. The predicted molar refractivity (Wildman–Crippen MR) is 117 cm³/mol. The summed E-state index contributed by atoms with van der Waals surface area (Å²) >= 11 is 0. The summed E-state index contributed by atoms with van der Waals surface area (Å²) in [5.74, 6) is 3.45. The molecule has 5 fully saturated rings. The van der Waals surface area contributed by atoms with Crippen molar-refractivity contribution in [3.63, 3.8) is 0 Å². The maximum atomic E-state index is 12.2. The third-order valence-electron chi connectivity index (χ3n) is 10.8. The summed E-state index contributed by atoms with van der Waals surface area (Å²) in [6, 6.07) is 0. The fraction of sp³-hybridized carbons (Fsp3) is 0.846. The van der Waals surface area contributed by atoms with E-state index >= 15 is 0 Å². The lowest BCUT2D eigenvalue weighted by Crippen LogP contribution is -2.56. The number of hydrogen-bond donors (Lipinski definition) is 0. The van der Waals surface area contributed by atoms with Gasteiger partial charge in [0.05, 0.1) is 26.1 Å². The van der Waals surface area contributed by atoms with Crippen LogP contribution in [0.5, 0.6) is 0 Å². The van der Waals surface area contributed by atoms with Gasteiger partial charge in [-0.2, -0.15) is 0 Å². The van der Waals surface area contributed by atoms with Gasteiger partial charge in [-0.05, 0) is 79.4 Å². The first kappa shape index (κ1) is 20.4. The maximum absolute atomic E-state index is 12.2. The Bertz CT molecular complexity index is 832. The van der Waals surface area contributed by atoms with Crippen LogP contribution in [0.15, 0.2) is 18.7 Å². The Hall–Kier alpha value is -1.20. The molecule has 0 amide bonds. The Balaban J connectivity index is 1.29. The topological polar surface area (TPSA) is 53.4 Å². The average Bonchev–Trinajstić information content (AvgIpc) is 3.49. The number of aromatic nitrogens is 2. The van der Waals surface area contributed by atoms with E-state index in [2.05, 4.69) is 23.4 Å². The van der Waals surface area contributed by atoms with E-state index in [4.69, 9.17) is 9.47 Å². The zero-order valence-electron chi connectivity index (χ0n) is 19.2. The van der Waals surface area contributed by atoms with Crippen LogP contribution in [-0.2, 0) is 20.8 Å². The summed E-state index contributed by atoms with van der Waals surface area (Å²) in [7, 11) is 0. The van der Waals surface area contributed by atoms with Crippen LogP contribution in [0.25, 0.3) is 0 Å². The molecule has 5 nitrogen and oxygen atoms in total. The number of hydrogen-bond acceptors (Lipinski definition) is 4. The van der Waals surface area contributed by atoms with Gasteiger partial charge in [0.1, 0.15) is 5.78 Å².